The third kappa shape index (κ3) is 3.51. The van der Waals surface area contributed by atoms with Crippen molar-refractivity contribution in [3.63, 3.8) is 0 Å². The zero-order chi connectivity index (χ0) is 15.6. The van der Waals surface area contributed by atoms with Crippen molar-refractivity contribution >= 4 is 0 Å². The quantitative estimate of drug-likeness (QED) is 0.904. The molecule has 1 aromatic heterocycles. The second-order valence-corrected chi connectivity index (χ2v) is 6.10. The van der Waals surface area contributed by atoms with Crippen LogP contribution >= 0.6 is 0 Å². The van der Waals surface area contributed by atoms with Gasteiger partial charge in [0.05, 0.1) is 5.56 Å². The Labute approximate surface area is 124 Å². The minimum absolute atomic E-state index is 0.0660. The molecule has 0 bridgehead atoms. The van der Waals surface area contributed by atoms with Crippen molar-refractivity contribution in [3.05, 3.63) is 45.7 Å². The SMILES string of the molecule is CC(C)Cc1ccc(-c2nc(O)c(C(C)C)c(=O)[nH]2)cc1. The van der Waals surface area contributed by atoms with E-state index in [0.717, 1.165) is 12.0 Å². The van der Waals surface area contributed by atoms with Crippen LogP contribution in [-0.2, 0) is 6.42 Å². The molecule has 2 rings (SSSR count). The van der Waals surface area contributed by atoms with Gasteiger partial charge in [-0.2, -0.15) is 4.98 Å². The van der Waals surface area contributed by atoms with Gasteiger partial charge in [0.2, 0.25) is 5.88 Å². The number of aromatic nitrogens is 2. The van der Waals surface area contributed by atoms with Gasteiger partial charge in [-0.3, -0.25) is 4.79 Å². The Hall–Kier alpha value is -2.10. The number of rotatable bonds is 4. The van der Waals surface area contributed by atoms with E-state index in [1.54, 1.807) is 0 Å². The molecule has 0 amide bonds. The van der Waals surface area contributed by atoms with Crippen molar-refractivity contribution in [2.45, 2.75) is 40.0 Å². The number of hydrogen-bond acceptors (Lipinski definition) is 3. The molecule has 1 aromatic carbocycles. The Morgan fingerprint density at radius 3 is 2.24 bits per heavy atom. The first-order chi connectivity index (χ1) is 9.88. The third-order valence-electron chi connectivity index (χ3n) is 3.38. The van der Waals surface area contributed by atoms with Gasteiger partial charge in [0.15, 0.2) is 0 Å². The summed E-state index contributed by atoms with van der Waals surface area (Å²) in [6, 6.07) is 7.90. The van der Waals surface area contributed by atoms with Crippen LogP contribution in [0.2, 0.25) is 0 Å². The van der Waals surface area contributed by atoms with Crippen molar-refractivity contribution in [3.8, 4) is 17.3 Å². The van der Waals surface area contributed by atoms with Crippen molar-refractivity contribution < 1.29 is 5.11 Å². The third-order valence-corrected chi connectivity index (χ3v) is 3.38. The van der Waals surface area contributed by atoms with Gasteiger partial charge >= 0.3 is 0 Å². The second kappa shape index (κ2) is 6.12. The minimum atomic E-state index is -0.279. The van der Waals surface area contributed by atoms with Gasteiger partial charge in [-0.15, -0.1) is 0 Å². The lowest BCUT2D eigenvalue weighted by molar-refractivity contribution is 0.440. The summed E-state index contributed by atoms with van der Waals surface area (Å²) in [6.45, 7) is 8.06. The van der Waals surface area contributed by atoms with Crippen LogP contribution in [0.4, 0.5) is 0 Å². The first kappa shape index (κ1) is 15.3. The van der Waals surface area contributed by atoms with Gasteiger partial charge in [-0.25, -0.2) is 0 Å². The molecule has 0 aliphatic carbocycles. The molecule has 2 N–H and O–H groups in total. The van der Waals surface area contributed by atoms with Gasteiger partial charge in [-0.05, 0) is 23.8 Å². The summed E-state index contributed by atoms with van der Waals surface area (Å²) < 4.78 is 0. The molecule has 0 fully saturated rings. The molecule has 0 aliphatic rings. The molecule has 0 unspecified atom stereocenters. The molecule has 0 saturated carbocycles. The second-order valence-electron chi connectivity index (χ2n) is 6.10. The van der Waals surface area contributed by atoms with Crippen molar-refractivity contribution in [1.29, 1.82) is 0 Å². The highest BCUT2D eigenvalue weighted by Gasteiger charge is 2.14. The average molecular weight is 286 g/mol. The molecule has 21 heavy (non-hydrogen) atoms. The van der Waals surface area contributed by atoms with Crippen LogP contribution in [0.25, 0.3) is 11.4 Å². The maximum absolute atomic E-state index is 12.0. The van der Waals surface area contributed by atoms with Crippen molar-refractivity contribution in [2.24, 2.45) is 5.92 Å². The molecule has 0 aliphatic heterocycles. The van der Waals surface area contributed by atoms with E-state index in [0.29, 0.717) is 17.3 Å². The average Bonchev–Trinajstić information content (AvgIpc) is 2.37. The fraction of sp³-hybridized carbons (Fsp3) is 0.412. The predicted molar refractivity (Wildman–Crippen MR) is 84.6 cm³/mol. The lowest BCUT2D eigenvalue weighted by Crippen LogP contribution is -2.16. The van der Waals surface area contributed by atoms with Crippen LogP contribution < -0.4 is 5.56 Å². The number of benzene rings is 1. The standard InChI is InChI=1S/C17H22N2O2/c1-10(2)9-12-5-7-13(8-6-12)15-18-16(20)14(11(3)4)17(21)19-15/h5-8,10-11H,9H2,1-4H3,(H2,18,19,20,21). The Balaban J connectivity index is 2.37. The molecule has 4 nitrogen and oxygen atoms in total. The van der Waals surface area contributed by atoms with E-state index in [9.17, 15) is 9.90 Å². The van der Waals surface area contributed by atoms with Crippen LogP contribution in [0, 0.1) is 5.92 Å². The van der Waals surface area contributed by atoms with Crippen molar-refractivity contribution in [1.82, 2.24) is 9.97 Å². The Kier molecular flexibility index (Phi) is 4.46. The molecule has 0 saturated heterocycles. The number of hydrogen-bond donors (Lipinski definition) is 2. The maximum Gasteiger partial charge on any atom is 0.258 e. The van der Waals surface area contributed by atoms with Gasteiger partial charge < -0.3 is 10.1 Å². The number of H-pyrrole nitrogens is 1. The predicted octanol–water partition coefficient (Wildman–Crippen LogP) is 3.46. The fourth-order valence-corrected chi connectivity index (χ4v) is 2.40. The first-order valence-corrected chi connectivity index (χ1v) is 7.31. The largest absolute Gasteiger partial charge is 0.493 e. The maximum atomic E-state index is 12.0. The molecule has 112 valence electrons. The van der Waals surface area contributed by atoms with Gasteiger partial charge in [0.1, 0.15) is 5.82 Å². The van der Waals surface area contributed by atoms with Crippen LogP contribution in [0.15, 0.2) is 29.1 Å². The molecule has 1 heterocycles. The smallest absolute Gasteiger partial charge is 0.258 e. The van der Waals surface area contributed by atoms with E-state index in [1.807, 2.05) is 38.1 Å². The molecular weight excluding hydrogens is 264 g/mol. The summed E-state index contributed by atoms with van der Waals surface area (Å²) in [5.74, 6) is 0.750. The van der Waals surface area contributed by atoms with Crippen LogP contribution in [0.5, 0.6) is 5.88 Å². The summed E-state index contributed by atoms with van der Waals surface area (Å²) in [5, 5.41) is 9.95. The van der Waals surface area contributed by atoms with Crippen LogP contribution in [-0.4, -0.2) is 15.1 Å². The Morgan fingerprint density at radius 1 is 1.14 bits per heavy atom. The lowest BCUT2D eigenvalue weighted by atomic mass is 10.0. The van der Waals surface area contributed by atoms with E-state index in [4.69, 9.17) is 0 Å². The zero-order valence-electron chi connectivity index (χ0n) is 13.0. The molecule has 0 radical (unpaired) electrons. The Bertz CT molecular complexity index is 670. The van der Waals surface area contributed by atoms with Gasteiger partial charge in [-0.1, -0.05) is 52.0 Å². The highest BCUT2D eigenvalue weighted by molar-refractivity contribution is 5.56. The zero-order valence-corrected chi connectivity index (χ0v) is 13.0. The summed E-state index contributed by atoms with van der Waals surface area (Å²) in [7, 11) is 0. The highest BCUT2D eigenvalue weighted by atomic mass is 16.3. The fourth-order valence-electron chi connectivity index (χ4n) is 2.40. The van der Waals surface area contributed by atoms with Crippen molar-refractivity contribution in [2.75, 3.05) is 0 Å². The molecule has 0 spiro atoms. The van der Waals surface area contributed by atoms with E-state index < -0.39 is 0 Å². The number of nitrogens with zero attached hydrogens (tertiary/aromatic N) is 1. The van der Waals surface area contributed by atoms with Crippen LogP contribution in [0.1, 0.15) is 44.7 Å². The summed E-state index contributed by atoms with van der Waals surface area (Å²) >= 11 is 0. The number of aromatic hydroxyl groups is 1. The number of aromatic amines is 1. The molecule has 0 atom stereocenters. The van der Waals surface area contributed by atoms with Crippen LogP contribution in [0.3, 0.4) is 0 Å². The normalized spacial score (nSPS) is 11.3. The molecule has 4 heteroatoms. The van der Waals surface area contributed by atoms with Gasteiger partial charge in [0, 0.05) is 5.56 Å². The van der Waals surface area contributed by atoms with E-state index in [1.165, 1.54) is 5.56 Å². The first-order valence-electron chi connectivity index (χ1n) is 7.31. The summed E-state index contributed by atoms with van der Waals surface area (Å²) in [6.07, 6.45) is 1.02. The van der Waals surface area contributed by atoms with E-state index in [-0.39, 0.29) is 17.4 Å². The minimum Gasteiger partial charge on any atom is -0.493 e. The van der Waals surface area contributed by atoms with E-state index >= 15 is 0 Å². The monoisotopic (exact) mass is 286 g/mol. The topological polar surface area (TPSA) is 66.0 Å². The van der Waals surface area contributed by atoms with E-state index in [2.05, 4.69) is 23.8 Å². The highest BCUT2D eigenvalue weighted by Crippen LogP contribution is 2.23. The molecular formula is C17H22N2O2. The summed E-state index contributed by atoms with van der Waals surface area (Å²) in [5.41, 5.74) is 2.10. The molecule has 2 aromatic rings. The summed E-state index contributed by atoms with van der Waals surface area (Å²) in [4.78, 5) is 18.9. The Morgan fingerprint density at radius 2 is 1.76 bits per heavy atom. The van der Waals surface area contributed by atoms with Gasteiger partial charge in [0.25, 0.3) is 5.56 Å². The lowest BCUT2D eigenvalue weighted by Gasteiger charge is -2.09. The number of nitrogens with one attached hydrogen (secondary N) is 1.